The first-order chi connectivity index (χ1) is 8.66. The van der Waals surface area contributed by atoms with Gasteiger partial charge in [0, 0.05) is 33.2 Å². The molecule has 2 heterocycles. The lowest BCUT2D eigenvalue weighted by atomic mass is 9.98. The van der Waals surface area contributed by atoms with E-state index in [0.717, 1.165) is 19.6 Å². The van der Waals surface area contributed by atoms with E-state index < -0.39 is 0 Å². The van der Waals surface area contributed by atoms with Crippen molar-refractivity contribution >= 4 is 30.7 Å². The van der Waals surface area contributed by atoms with Crippen LogP contribution in [0.3, 0.4) is 0 Å². The third-order valence-corrected chi connectivity index (χ3v) is 3.83. The number of likely N-dealkylation sites (N-methyl/N-ethyl adjacent to an activating group) is 1. The number of morpholine rings is 1. The Hall–Kier alpha value is -0.0700. The number of halogens is 2. The second-order valence-electron chi connectivity index (χ2n) is 5.55. The van der Waals surface area contributed by atoms with Gasteiger partial charge >= 0.3 is 0 Å². The normalized spacial score (nSPS) is 27.1. The molecular weight excluding hydrogens is 301 g/mol. The summed E-state index contributed by atoms with van der Waals surface area (Å²) in [5, 5.41) is 3.20. The van der Waals surface area contributed by atoms with E-state index in [9.17, 15) is 4.79 Å². The summed E-state index contributed by atoms with van der Waals surface area (Å²) in [6.07, 6.45) is 2.18. The Kier molecular flexibility index (Phi) is 9.76. The summed E-state index contributed by atoms with van der Waals surface area (Å²) >= 11 is 0. The van der Waals surface area contributed by atoms with Gasteiger partial charge in [0.05, 0.1) is 6.61 Å². The maximum Gasteiger partial charge on any atom is 0.252 e. The van der Waals surface area contributed by atoms with E-state index in [1.807, 2.05) is 11.9 Å². The molecule has 20 heavy (non-hydrogen) atoms. The number of hydrogen-bond donors (Lipinski definition) is 1. The van der Waals surface area contributed by atoms with E-state index in [1.165, 1.54) is 19.4 Å². The van der Waals surface area contributed by atoms with Gasteiger partial charge in [-0.2, -0.15) is 0 Å². The van der Waals surface area contributed by atoms with E-state index in [4.69, 9.17) is 4.74 Å². The zero-order valence-electron chi connectivity index (χ0n) is 12.3. The number of carbonyl (C=O) groups excluding carboxylic acids is 1. The van der Waals surface area contributed by atoms with Crippen molar-refractivity contribution in [2.45, 2.75) is 18.9 Å². The first-order valence-corrected chi connectivity index (χ1v) is 6.92. The predicted molar refractivity (Wildman–Crippen MR) is 85.0 cm³/mol. The van der Waals surface area contributed by atoms with Crippen molar-refractivity contribution in [3.63, 3.8) is 0 Å². The van der Waals surface area contributed by atoms with Gasteiger partial charge in [0.2, 0.25) is 0 Å². The van der Waals surface area contributed by atoms with Crippen molar-refractivity contribution < 1.29 is 9.53 Å². The molecular formula is C13H27Cl2N3O2. The largest absolute Gasteiger partial charge is 0.366 e. The van der Waals surface area contributed by atoms with Gasteiger partial charge in [0.1, 0.15) is 6.10 Å². The molecule has 2 rings (SSSR count). The van der Waals surface area contributed by atoms with Crippen molar-refractivity contribution in [2.75, 3.05) is 53.4 Å². The number of nitrogens with zero attached hydrogens (tertiary/aromatic N) is 2. The molecule has 2 fully saturated rings. The third kappa shape index (κ3) is 5.74. The zero-order chi connectivity index (χ0) is 13.0. The molecule has 1 amide bonds. The average molecular weight is 328 g/mol. The number of rotatable bonds is 3. The van der Waals surface area contributed by atoms with Gasteiger partial charge in [-0.25, -0.2) is 0 Å². The lowest BCUT2D eigenvalue weighted by Crippen LogP contribution is -2.50. The molecule has 2 aliphatic heterocycles. The molecule has 7 heteroatoms. The summed E-state index contributed by atoms with van der Waals surface area (Å²) in [5.41, 5.74) is 0. The number of hydrogen-bond acceptors (Lipinski definition) is 4. The molecule has 0 saturated carbocycles. The molecule has 0 radical (unpaired) electrons. The topological polar surface area (TPSA) is 44.8 Å². The fourth-order valence-corrected chi connectivity index (χ4v) is 2.87. The monoisotopic (exact) mass is 327 g/mol. The molecule has 0 aromatic carbocycles. The van der Waals surface area contributed by atoms with Crippen LogP contribution in [0.5, 0.6) is 0 Å². The highest BCUT2D eigenvalue weighted by atomic mass is 35.5. The zero-order valence-corrected chi connectivity index (χ0v) is 14.0. The van der Waals surface area contributed by atoms with Gasteiger partial charge in [-0.05, 0) is 32.4 Å². The van der Waals surface area contributed by atoms with Gasteiger partial charge in [-0.15, -0.1) is 24.8 Å². The predicted octanol–water partition coefficient (Wildman–Crippen LogP) is 0.619. The average Bonchev–Trinajstić information content (AvgIpc) is 2.39. The van der Waals surface area contributed by atoms with E-state index in [2.05, 4.69) is 17.3 Å². The summed E-state index contributed by atoms with van der Waals surface area (Å²) in [6, 6.07) is 0. The fraction of sp³-hybridized carbons (Fsp3) is 0.923. The van der Waals surface area contributed by atoms with E-state index in [1.54, 1.807) is 0 Å². The Labute approximate surface area is 134 Å². The van der Waals surface area contributed by atoms with Crippen molar-refractivity contribution in [3.05, 3.63) is 0 Å². The standard InChI is InChI=1S/C13H25N3O2.2ClH/c1-15-6-3-4-11(9-15)10-16(2)13(17)12-8-14-5-7-18-12;;/h11-12,14H,3-10H2,1-2H3;2*1H/t11?,12-;;/m1../s1. The second-order valence-corrected chi connectivity index (χ2v) is 5.55. The summed E-state index contributed by atoms with van der Waals surface area (Å²) in [4.78, 5) is 16.4. The minimum atomic E-state index is -0.287. The van der Waals surface area contributed by atoms with Crippen LogP contribution in [0.25, 0.3) is 0 Å². The highest BCUT2D eigenvalue weighted by Crippen LogP contribution is 2.16. The maximum atomic E-state index is 12.2. The lowest BCUT2D eigenvalue weighted by Gasteiger charge is -2.34. The number of ether oxygens (including phenoxy) is 1. The molecule has 0 bridgehead atoms. The quantitative estimate of drug-likeness (QED) is 0.825. The highest BCUT2D eigenvalue weighted by molar-refractivity contribution is 5.85. The van der Waals surface area contributed by atoms with Crippen LogP contribution in [0, 0.1) is 5.92 Å². The molecule has 1 unspecified atom stereocenters. The highest BCUT2D eigenvalue weighted by Gasteiger charge is 2.27. The van der Waals surface area contributed by atoms with Crippen LogP contribution in [-0.4, -0.2) is 75.2 Å². The molecule has 2 atom stereocenters. The Morgan fingerprint density at radius 3 is 2.80 bits per heavy atom. The minimum Gasteiger partial charge on any atom is -0.366 e. The molecule has 0 aliphatic carbocycles. The van der Waals surface area contributed by atoms with Gasteiger partial charge < -0.3 is 19.9 Å². The van der Waals surface area contributed by atoms with Gasteiger partial charge in [-0.1, -0.05) is 0 Å². The van der Waals surface area contributed by atoms with E-state index in [0.29, 0.717) is 19.1 Å². The van der Waals surface area contributed by atoms with E-state index >= 15 is 0 Å². The smallest absolute Gasteiger partial charge is 0.252 e. The second kappa shape index (κ2) is 9.79. The summed E-state index contributed by atoms with van der Waals surface area (Å²) < 4.78 is 5.51. The van der Waals surface area contributed by atoms with Crippen LogP contribution >= 0.6 is 24.8 Å². The lowest BCUT2D eigenvalue weighted by molar-refractivity contribution is -0.144. The Balaban J connectivity index is 0.00000180. The van der Waals surface area contributed by atoms with Gasteiger partial charge in [-0.3, -0.25) is 4.79 Å². The first kappa shape index (κ1) is 19.9. The molecule has 0 spiro atoms. The van der Waals surface area contributed by atoms with Crippen molar-refractivity contribution in [3.8, 4) is 0 Å². The minimum absolute atomic E-state index is 0. The molecule has 1 N–H and O–H groups in total. The van der Waals surface area contributed by atoms with Gasteiger partial charge in [0.15, 0.2) is 0 Å². The summed E-state index contributed by atoms with van der Waals surface area (Å²) in [5.74, 6) is 0.727. The van der Waals surface area contributed by atoms with Gasteiger partial charge in [0.25, 0.3) is 5.91 Å². The Morgan fingerprint density at radius 2 is 2.20 bits per heavy atom. The summed E-state index contributed by atoms with van der Waals surface area (Å²) in [6.45, 7) is 5.26. The third-order valence-electron chi connectivity index (χ3n) is 3.83. The van der Waals surface area contributed by atoms with Crippen molar-refractivity contribution in [1.82, 2.24) is 15.1 Å². The SMILES string of the molecule is CN1CCCC(CN(C)C(=O)[C@H]2CNCCO2)C1.Cl.Cl. The van der Waals surface area contributed by atoms with E-state index in [-0.39, 0.29) is 36.8 Å². The van der Waals surface area contributed by atoms with Crippen LogP contribution < -0.4 is 5.32 Å². The van der Waals surface area contributed by atoms with Crippen molar-refractivity contribution in [2.24, 2.45) is 5.92 Å². The number of likely N-dealkylation sites (tertiary alicyclic amines) is 1. The van der Waals surface area contributed by atoms with Crippen LogP contribution in [0.1, 0.15) is 12.8 Å². The number of piperidine rings is 1. The fourth-order valence-electron chi connectivity index (χ4n) is 2.87. The molecule has 2 aliphatic rings. The molecule has 120 valence electrons. The molecule has 0 aromatic rings. The van der Waals surface area contributed by atoms with Crippen LogP contribution in [0.2, 0.25) is 0 Å². The number of carbonyl (C=O) groups is 1. The number of nitrogens with one attached hydrogen (secondary N) is 1. The summed E-state index contributed by atoms with van der Waals surface area (Å²) in [7, 11) is 4.05. The Bertz CT molecular complexity index is 289. The molecule has 5 nitrogen and oxygen atoms in total. The Morgan fingerprint density at radius 1 is 1.45 bits per heavy atom. The molecule has 0 aromatic heterocycles. The van der Waals surface area contributed by atoms with Crippen molar-refractivity contribution in [1.29, 1.82) is 0 Å². The first-order valence-electron chi connectivity index (χ1n) is 6.92. The molecule has 2 saturated heterocycles. The number of amides is 1. The maximum absolute atomic E-state index is 12.2. The van der Waals surface area contributed by atoms with Crippen LogP contribution in [0.4, 0.5) is 0 Å². The van der Waals surface area contributed by atoms with Crippen LogP contribution in [-0.2, 0) is 9.53 Å². The van der Waals surface area contributed by atoms with Crippen LogP contribution in [0.15, 0.2) is 0 Å².